The number of hydrogen-bond acceptors (Lipinski definition) is 9. The fraction of sp³-hybridized carbons (Fsp3) is 0.630. The molecule has 37 heavy (non-hydrogen) atoms. The van der Waals surface area contributed by atoms with Crippen LogP contribution in [0.4, 0.5) is 17.8 Å². The number of anilines is 3. The number of aromatic nitrogens is 3. The van der Waals surface area contributed by atoms with Crippen LogP contribution in [0.3, 0.4) is 0 Å². The maximum atomic E-state index is 12.0. The molecule has 1 fully saturated rings. The molecule has 1 aromatic heterocycles. The zero-order chi connectivity index (χ0) is 26.1. The minimum absolute atomic E-state index is 0.0957. The number of hydrogen-bond donors (Lipinski definition) is 3. The first-order valence-corrected chi connectivity index (χ1v) is 13.6. The van der Waals surface area contributed by atoms with Crippen LogP contribution in [-0.4, -0.2) is 80.0 Å². The molecule has 10 heteroatoms. The van der Waals surface area contributed by atoms with Gasteiger partial charge < -0.3 is 30.3 Å². The van der Waals surface area contributed by atoms with Crippen LogP contribution in [-0.2, 0) is 9.47 Å². The highest BCUT2D eigenvalue weighted by Gasteiger charge is 2.21. The van der Waals surface area contributed by atoms with Gasteiger partial charge >= 0.3 is 0 Å². The van der Waals surface area contributed by atoms with E-state index < -0.39 is 0 Å². The molecule has 1 aliphatic rings. The largest absolute Gasteiger partial charge is 0.377 e. The third kappa shape index (κ3) is 10.5. The Bertz CT molecular complexity index is 910. The van der Waals surface area contributed by atoms with E-state index >= 15 is 0 Å². The number of unbranched alkanes of at least 4 members (excludes halogenated alkanes) is 1. The Hall–Kier alpha value is -2.98. The van der Waals surface area contributed by atoms with Crippen LogP contribution in [0.15, 0.2) is 30.3 Å². The van der Waals surface area contributed by atoms with Crippen molar-refractivity contribution in [3.8, 4) is 0 Å². The summed E-state index contributed by atoms with van der Waals surface area (Å²) in [6, 6.07) is 9.62. The van der Waals surface area contributed by atoms with Crippen molar-refractivity contribution < 1.29 is 14.3 Å². The average Bonchev–Trinajstić information content (AvgIpc) is 2.94. The fourth-order valence-electron chi connectivity index (χ4n) is 4.17. The van der Waals surface area contributed by atoms with Crippen LogP contribution in [0.5, 0.6) is 0 Å². The normalized spacial score (nSPS) is 13.8. The van der Waals surface area contributed by atoms with Gasteiger partial charge in [-0.1, -0.05) is 50.8 Å². The van der Waals surface area contributed by atoms with Gasteiger partial charge in [0.2, 0.25) is 17.8 Å². The summed E-state index contributed by atoms with van der Waals surface area (Å²) in [5.74, 6) is 1.77. The third-order valence-corrected chi connectivity index (χ3v) is 6.34. The first-order valence-electron chi connectivity index (χ1n) is 13.6. The molecule has 1 amide bonds. The molecule has 3 N–H and O–H groups in total. The van der Waals surface area contributed by atoms with E-state index in [0.717, 1.165) is 19.4 Å². The van der Waals surface area contributed by atoms with Gasteiger partial charge in [-0.05, 0) is 31.4 Å². The number of nitrogens with zero attached hydrogens (tertiary/aromatic N) is 4. The molecule has 2 aromatic rings. The lowest BCUT2D eigenvalue weighted by molar-refractivity contribution is 0.0519. The Kier molecular flexibility index (Phi) is 12.9. The highest BCUT2D eigenvalue weighted by Crippen LogP contribution is 2.25. The number of carbonyl (C=O) groups excluding carboxylic acids is 1. The molecule has 1 aromatic carbocycles. The van der Waals surface area contributed by atoms with E-state index in [-0.39, 0.29) is 5.91 Å². The lowest BCUT2D eigenvalue weighted by atomic mass is 9.95. The second-order valence-electron chi connectivity index (χ2n) is 9.24. The second kappa shape index (κ2) is 16.7. The molecule has 1 saturated carbocycles. The molecule has 204 valence electrons. The summed E-state index contributed by atoms with van der Waals surface area (Å²) in [5, 5.41) is 9.44. The van der Waals surface area contributed by atoms with Gasteiger partial charge in [-0.2, -0.15) is 15.0 Å². The quantitative estimate of drug-likeness (QED) is 0.272. The molecule has 1 heterocycles. The first-order chi connectivity index (χ1) is 18.2. The third-order valence-electron chi connectivity index (χ3n) is 6.34. The molecule has 0 atom stereocenters. The average molecular weight is 514 g/mol. The number of nitrogens with one attached hydrogen (secondary N) is 3. The molecular formula is C27H43N7O3. The van der Waals surface area contributed by atoms with Crippen molar-refractivity contribution in [2.45, 2.75) is 57.9 Å². The SMILES string of the molecule is CCCCNc1nc(NCCOCCOCCNC(=O)c2ccccc2)nc(N(C)C2CCCCC2)n1. The smallest absolute Gasteiger partial charge is 0.251 e. The number of ether oxygens (including phenoxy) is 2. The van der Waals surface area contributed by atoms with Crippen molar-refractivity contribution in [1.82, 2.24) is 20.3 Å². The van der Waals surface area contributed by atoms with Crippen molar-refractivity contribution >= 4 is 23.8 Å². The van der Waals surface area contributed by atoms with Crippen molar-refractivity contribution in [2.75, 3.05) is 68.6 Å². The fourth-order valence-corrected chi connectivity index (χ4v) is 4.17. The number of benzene rings is 1. The first kappa shape index (κ1) is 28.6. The van der Waals surface area contributed by atoms with Gasteiger partial charge in [-0.25, -0.2) is 0 Å². The summed E-state index contributed by atoms with van der Waals surface area (Å²) in [7, 11) is 2.08. The van der Waals surface area contributed by atoms with Crippen molar-refractivity contribution in [3.63, 3.8) is 0 Å². The van der Waals surface area contributed by atoms with Gasteiger partial charge in [-0.3, -0.25) is 4.79 Å². The standard InChI is InChI=1S/C27H43N7O3/c1-3-4-15-29-25-31-26(33-27(32-25)34(2)23-13-9-6-10-14-23)30-17-19-37-21-20-36-18-16-28-24(35)22-11-7-5-8-12-22/h5,7-8,11-12,23H,3-4,6,9-10,13-21H2,1-2H3,(H,28,35)(H2,29,30,31,32,33). The molecule has 0 aliphatic heterocycles. The molecule has 0 bridgehead atoms. The van der Waals surface area contributed by atoms with E-state index in [1.165, 1.54) is 32.1 Å². The maximum Gasteiger partial charge on any atom is 0.251 e. The number of carbonyl (C=O) groups is 1. The van der Waals surface area contributed by atoms with Crippen molar-refractivity contribution in [2.24, 2.45) is 0 Å². The van der Waals surface area contributed by atoms with Gasteiger partial charge in [0.05, 0.1) is 26.4 Å². The number of amides is 1. The van der Waals surface area contributed by atoms with Gasteiger partial charge in [0, 0.05) is 38.3 Å². The van der Waals surface area contributed by atoms with E-state index in [4.69, 9.17) is 9.47 Å². The van der Waals surface area contributed by atoms with Crippen LogP contribution in [0.25, 0.3) is 0 Å². The summed E-state index contributed by atoms with van der Waals surface area (Å²) >= 11 is 0. The van der Waals surface area contributed by atoms with Gasteiger partial charge in [-0.15, -0.1) is 0 Å². The van der Waals surface area contributed by atoms with Gasteiger partial charge in [0.15, 0.2) is 0 Å². The van der Waals surface area contributed by atoms with E-state index in [9.17, 15) is 4.79 Å². The van der Waals surface area contributed by atoms with Crippen LogP contribution in [0.1, 0.15) is 62.2 Å². The zero-order valence-electron chi connectivity index (χ0n) is 22.4. The van der Waals surface area contributed by atoms with Crippen LogP contribution in [0, 0.1) is 0 Å². The Labute approximate surface area is 221 Å². The summed E-state index contributed by atoms with van der Waals surface area (Å²) < 4.78 is 11.2. The molecule has 0 spiro atoms. The summed E-state index contributed by atoms with van der Waals surface area (Å²) in [4.78, 5) is 28.1. The maximum absolute atomic E-state index is 12.0. The molecule has 3 rings (SSSR count). The topological polar surface area (TPSA) is 114 Å². The molecule has 1 aliphatic carbocycles. The molecule has 0 unspecified atom stereocenters. The van der Waals surface area contributed by atoms with Gasteiger partial charge in [0.1, 0.15) is 0 Å². The highest BCUT2D eigenvalue weighted by molar-refractivity contribution is 5.94. The van der Waals surface area contributed by atoms with Crippen LogP contribution < -0.4 is 20.9 Å². The summed E-state index contributed by atoms with van der Waals surface area (Å²) in [5.41, 5.74) is 0.646. The second-order valence-corrected chi connectivity index (χ2v) is 9.24. The molecule has 0 radical (unpaired) electrons. The Morgan fingerprint density at radius 3 is 2.22 bits per heavy atom. The molecule has 0 saturated heterocycles. The van der Waals surface area contributed by atoms with E-state index in [2.05, 4.69) is 49.8 Å². The minimum atomic E-state index is -0.0957. The zero-order valence-corrected chi connectivity index (χ0v) is 22.4. The van der Waals surface area contributed by atoms with Crippen LogP contribution in [0.2, 0.25) is 0 Å². The van der Waals surface area contributed by atoms with Crippen molar-refractivity contribution in [3.05, 3.63) is 35.9 Å². The van der Waals surface area contributed by atoms with Crippen LogP contribution >= 0.6 is 0 Å². The van der Waals surface area contributed by atoms with E-state index in [1.54, 1.807) is 12.1 Å². The summed E-state index contributed by atoms with van der Waals surface area (Å²) in [6.07, 6.45) is 8.37. The van der Waals surface area contributed by atoms with Crippen molar-refractivity contribution in [1.29, 1.82) is 0 Å². The predicted molar refractivity (Wildman–Crippen MR) is 147 cm³/mol. The lowest BCUT2D eigenvalue weighted by Crippen LogP contribution is -2.35. The van der Waals surface area contributed by atoms with E-state index in [0.29, 0.717) is 69.0 Å². The molecular weight excluding hydrogens is 470 g/mol. The van der Waals surface area contributed by atoms with Gasteiger partial charge in [0.25, 0.3) is 5.91 Å². The highest BCUT2D eigenvalue weighted by atomic mass is 16.5. The Morgan fingerprint density at radius 2 is 1.54 bits per heavy atom. The lowest BCUT2D eigenvalue weighted by Gasteiger charge is -2.31. The summed E-state index contributed by atoms with van der Waals surface area (Å²) in [6.45, 7) is 5.94. The Morgan fingerprint density at radius 1 is 0.892 bits per heavy atom. The number of rotatable bonds is 17. The van der Waals surface area contributed by atoms with E-state index in [1.807, 2.05) is 18.2 Å². The Balaban J connectivity index is 1.34. The molecule has 10 nitrogen and oxygen atoms in total. The minimum Gasteiger partial charge on any atom is -0.377 e. The monoisotopic (exact) mass is 513 g/mol. The predicted octanol–water partition coefficient (Wildman–Crippen LogP) is 3.73.